The lowest BCUT2D eigenvalue weighted by atomic mass is 10.1. The van der Waals surface area contributed by atoms with Gasteiger partial charge in [0, 0.05) is 0 Å². The highest BCUT2D eigenvalue weighted by Crippen LogP contribution is 2.12. The second-order valence-corrected chi connectivity index (χ2v) is 7.54. The molecule has 0 atom stereocenters. The second-order valence-electron chi connectivity index (χ2n) is 2.52. The van der Waals surface area contributed by atoms with Gasteiger partial charge in [0.1, 0.15) is 0 Å². The maximum atomic E-state index is 5.79. The van der Waals surface area contributed by atoms with E-state index < -0.39 is 7.42 Å². The molecule has 11 heavy (non-hydrogen) atoms. The Kier molecular flexibility index (Phi) is 3.43. The van der Waals surface area contributed by atoms with Gasteiger partial charge in [-0.25, -0.2) is 0 Å². The van der Waals surface area contributed by atoms with Crippen LogP contribution < -0.4 is 0 Å². The fraction of sp³-hybridized carbons (Fsp3) is 0.250. The first-order chi connectivity index (χ1) is 5.20. The molecule has 0 radical (unpaired) electrons. The van der Waals surface area contributed by atoms with Crippen LogP contribution in [0, 0.1) is 6.92 Å². The number of halogens is 2. The monoisotopic (exact) mass is 204 g/mol. The van der Waals surface area contributed by atoms with Crippen LogP contribution in [0.5, 0.6) is 0 Å². The van der Waals surface area contributed by atoms with Gasteiger partial charge in [-0.2, -0.15) is 0 Å². The fourth-order valence-corrected chi connectivity index (χ4v) is 2.79. The summed E-state index contributed by atoms with van der Waals surface area (Å²) in [5.74, 6) is 0. The minimum Gasteiger partial charge on any atom is -0.150 e. The van der Waals surface area contributed by atoms with Crippen molar-refractivity contribution < 1.29 is 0 Å². The predicted octanol–water partition coefficient (Wildman–Crippen LogP) is 2.77. The van der Waals surface area contributed by atoms with Crippen LogP contribution in [0.4, 0.5) is 0 Å². The van der Waals surface area contributed by atoms with E-state index in [4.69, 9.17) is 22.2 Å². The summed E-state index contributed by atoms with van der Waals surface area (Å²) in [4.78, 5) is 0. The summed E-state index contributed by atoms with van der Waals surface area (Å²) >= 11 is 11.6. The summed E-state index contributed by atoms with van der Waals surface area (Å²) in [6.45, 7) is 2.08. The number of rotatable bonds is 2. The molecular formula is C8H10Cl2Si. The van der Waals surface area contributed by atoms with Crippen molar-refractivity contribution in [2.45, 2.75) is 13.0 Å². The van der Waals surface area contributed by atoms with Gasteiger partial charge in [-0.1, -0.05) is 24.3 Å². The Morgan fingerprint density at radius 2 is 1.91 bits per heavy atom. The van der Waals surface area contributed by atoms with Crippen molar-refractivity contribution >= 4 is 29.6 Å². The van der Waals surface area contributed by atoms with Crippen LogP contribution >= 0.6 is 22.2 Å². The van der Waals surface area contributed by atoms with Crippen molar-refractivity contribution in [3.63, 3.8) is 0 Å². The van der Waals surface area contributed by atoms with Crippen LogP contribution in [0.3, 0.4) is 0 Å². The van der Waals surface area contributed by atoms with E-state index in [2.05, 4.69) is 19.1 Å². The average molecular weight is 205 g/mol. The van der Waals surface area contributed by atoms with Gasteiger partial charge in [0.15, 0.2) is 0 Å². The molecule has 0 N–H and O–H groups in total. The van der Waals surface area contributed by atoms with Gasteiger partial charge in [0.05, 0.1) is 0 Å². The largest absolute Gasteiger partial charge is 0.241 e. The van der Waals surface area contributed by atoms with Crippen molar-refractivity contribution in [3.05, 3.63) is 35.4 Å². The zero-order valence-corrected chi connectivity index (χ0v) is 9.02. The van der Waals surface area contributed by atoms with Gasteiger partial charge in [-0.05, 0) is 24.1 Å². The van der Waals surface area contributed by atoms with Gasteiger partial charge in [0.2, 0.25) is 7.42 Å². The third-order valence-electron chi connectivity index (χ3n) is 1.64. The minimum atomic E-state index is -1.48. The first kappa shape index (κ1) is 9.11. The summed E-state index contributed by atoms with van der Waals surface area (Å²) in [5.41, 5.74) is 2.57. The molecule has 1 aromatic rings. The molecule has 60 valence electrons. The summed E-state index contributed by atoms with van der Waals surface area (Å²) in [7, 11) is -1.48. The van der Waals surface area contributed by atoms with Gasteiger partial charge in [0.25, 0.3) is 0 Å². The Hall–Kier alpha value is 0.0169. The normalized spacial score (nSPS) is 10.5. The number of hydrogen-bond acceptors (Lipinski definition) is 0. The molecule has 0 aliphatic heterocycles. The van der Waals surface area contributed by atoms with Crippen LogP contribution in [0.15, 0.2) is 24.3 Å². The Bertz CT molecular complexity index is 235. The maximum Gasteiger partial charge on any atom is 0.241 e. The smallest absolute Gasteiger partial charge is 0.150 e. The van der Waals surface area contributed by atoms with E-state index in [0.29, 0.717) is 0 Å². The topological polar surface area (TPSA) is 0 Å². The Balaban J connectivity index is 2.78. The molecule has 0 nitrogen and oxygen atoms in total. The second kappa shape index (κ2) is 4.15. The molecule has 0 heterocycles. The van der Waals surface area contributed by atoms with Crippen molar-refractivity contribution in [3.8, 4) is 0 Å². The van der Waals surface area contributed by atoms with E-state index in [0.717, 1.165) is 6.04 Å². The molecule has 0 aliphatic rings. The van der Waals surface area contributed by atoms with Crippen LogP contribution in [0.1, 0.15) is 11.1 Å². The predicted molar refractivity (Wildman–Crippen MR) is 53.7 cm³/mol. The average Bonchev–Trinajstić information content (AvgIpc) is 1.93. The first-order valence-electron chi connectivity index (χ1n) is 3.53. The van der Waals surface area contributed by atoms with Crippen molar-refractivity contribution in [1.82, 2.24) is 0 Å². The highest BCUT2D eigenvalue weighted by atomic mass is 35.7. The lowest BCUT2D eigenvalue weighted by Crippen LogP contribution is -2.00. The molecule has 1 aromatic carbocycles. The van der Waals surface area contributed by atoms with Crippen LogP contribution in [-0.4, -0.2) is 7.42 Å². The highest BCUT2D eigenvalue weighted by Gasteiger charge is 2.04. The highest BCUT2D eigenvalue weighted by molar-refractivity contribution is 7.33. The zero-order chi connectivity index (χ0) is 8.27. The third-order valence-corrected chi connectivity index (χ3v) is 3.31. The van der Waals surface area contributed by atoms with E-state index in [1.54, 1.807) is 0 Å². The first-order valence-corrected chi connectivity index (χ1v) is 7.83. The Labute approximate surface area is 78.2 Å². The van der Waals surface area contributed by atoms with Gasteiger partial charge < -0.3 is 0 Å². The van der Waals surface area contributed by atoms with E-state index >= 15 is 0 Å². The molecule has 0 saturated carbocycles. The molecule has 0 spiro atoms. The van der Waals surface area contributed by atoms with Gasteiger partial charge in [-0.3, -0.25) is 0 Å². The Morgan fingerprint density at radius 1 is 1.27 bits per heavy atom. The van der Waals surface area contributed by atoms with E-state index in [1.807, 2.05) is 12.1 Å². The maximum absolute atomic E-state index is 5.79. The van der Waals surface area contributed by atoms with E-state index in [-0.39, 0.29) is 0 Å². The molecule has 3 heteroatoms. The number of aryl methyl sites for hydroxylation is 1. The van der Waals surface area contributed by atoms with Crippen molar-refractivity contribution in [2.75, 3.05) is 0 Å². The van der Waals surface area contributed by atoms with Crippen LogP contribution in [0.25, 0.3) is 0 Å². The van der Waals surface area contributed by atoms with Crippen molar-refractivity contribution in [2.24, 2.45) is 0 Å². The lowest BCUT2D eigenvalue weighted by molar-refractivity contribution is 1.29. The molecule has 0 amide bonds. The molecular weight excluding hydrogens is 195 g/mol. The molecule has 1 rings (SSSR count). The Morgan fingerprint density at radius 3 is 2.45 bits per heavy atom. The number of hydrogen-bond donors (Lipinski definition) is 0. The van der Waals surface area contributed by atoms with Gasteiger partial charge >= 0.3 is 0 Å². The molecule has 0 fully saturated rings. The zero-order valence-electron chi connectivity index (χ0n) is 6.35. The SMILES string of the molecule is Cc1ccccc1C[SiH](Cl)Cl. The molecule has 0 bridgehead atoms. The molecule has 0 aliphatic carbocycles. The van der Waals surface area contributed by atoms with E-state index in [9.17, 15) is 0 Å². The number of benzene rings is 1. The summed E-state index contributed by atoms with van der Waals surface area (Å²) < 4.78 is 0. The van der Waals surface area contributed by atoms with Gasteiger partial charge in [-0.15, -0.1) is 22.2 Å². The van der Waals surface area contributed by atoms with Crippen LogP contribution in [-0.2, 0) is 6.04 Å². The molecule has 0 saturated heterocycles. The van der Waals surface area contributed by atoms with Crippen molar-refractivity contribution in [1.29, 1.82) is 0 Å². The summed E-state index contributed by atoms with van der Waals surface area (Å²) in [6, 6.07) is 9.08. The lowest BCUT2D eigenvalue weighted by Gasteiger charge is -2.03. The molecule has 0 aromatic heterocycles. The minimum absolute atomic E-state index is 0.871. The quantitative estimate of drug-likeness (QED) is 0.514. The molecule has 0 unspecified atom stereocenters. The summed E-state index contributed by atoms with van der Waals surface area (Å²) in [6.07, 6.45) is 0. The standard InChI is InChI=1S/C8H10Cl2Si/c1-7-4-2-3-5-8(7)6-11(9)10/h2-5,11H,6H2,1H3. The summed E-state index contributed by atoms with van der Waals surface area (Å²) in [5, 5.41) is 0. The van der Waals surface area contributed by atoms with E-state index in [1.165, 1.54) is 11.1 Å². The van der Waals surface area contributed by atoms with Crippen LogP contribution in [0.2, 0.25) is 0 Å². The third kappa shape index (κ3) is 2.85. The fourth-order valence-electron chi connectivity index (χ4n) is 1.01.